The van der Waals surface area contributed by atoms with E-state index in [-0.39, 0.29) is 6.29 Å². The lowest BCUT2D eigenvalue weighted by molar-refractivity contribution is -0.189. The molecule has 0 bridgehead atoms. The molecule has 1 saturated heterocycles. The lowest BCUT2D eigenvalue weighted by Crippen LogP contribution is -2.32. The Balaban J connectivity index is 2.33. The Labute approximate surface area is 62.5 Å². The van der Waals surface area contributed by atoms with Gasteiger partial charge in [-0.25, -0.2) is 0 Å². The Hall–Kier alpha value is -0.0800. The second kappa shape index (κ2) is 3.35. The van der Waals surface area contributed by atoms with E-state index in [1.54, 1.807) is 7.11 Å². The van der Waals surface area contributed by atoms with E-state index in [2.05, 4.69) is 13.8 Å². The van der Waals surface area contributed by atoms with Gasteiger partial charge >= 0.3 is 0 Å². The van der Waals surface area contributed by atoms with E-state index < -0.39 is 0 Å². The molecule has 2 heteroatoms. The van der Waals surface area contributed by atoms with Gasteiger partial charge in [-0.3, -0.25) is 0 Å². The highest BCUT2D eigenvalue weighted by molar-refractivity contribution is 4.68. The van der Waals surface area contributed by atoms with Gasteiger partial charge in [0, 0.05) is 7.11 Å². The third-order valence-electron chi connectivity index (χ3n) is 2.29. The molecule has 1 heterocycles. The molecule has 0 N–H and O–H groups in total. The number of hydrogen-bond acceptors (Lipinski definition) is 2. The third kappa shape index (κ3) is 1.70. The van der Waals surface area contributed by atoms with Crippen LogP contribution >= 0.6 is 0 Å². The Morgan fingerprint density at radius 2 is 2.00 bits per heavy atom. The van der Waals surface area contributed by atoms with E-state index >= 15 is 0 Å². The van der Waals surface area contributed by atoms with Gasteiger partial charge in [0.25, 0.3) is 0 Å². The summed E-state index contributed by atoms with van der Waals surface area (Å²) >= 11 is 0. The van der Waals surface area contributed by atoms with Crippen LogP contribution in [-0.2, 0) is 9.47 Å². The molecule has 1 aliphatic heterocycles. The second-order valence-corrected chi connectivity index (χ2v) is 3.06. The van der Waals surface area contributed by atoms with Crippen LogP contribution in [-0.4, -0.2) is 19.5 Å². The van der Waals surface area contributed by atoms with Gasteiger partial charge in [0.05, 0.1) is 6.10 Å². The quantitative estimate of drug-likeness (QED) is 0.558. The summed E-state index contributed by atoms with van der Waals surface area (Å²) < 4.78 is 10.6. The highest BCUT2D eigenvalue weighted by Gasteiger charge is 2.24. The average Bonchev–Trinajstić information content (AvgIpc) is 1.95. The van der Waals surface area contributed by atoms with Crippen LogP contribution in [0.3, 0.4) is 0 Å². The molecule has 0 amide bonds. The van der Waals surface area contributed by atoms with Gasteiger partial charge < -0.3 is 9.47 Å². The standard InChI is InChI=1S/C8H16O2/c1-6-4-5-8(9-3)10-7(6)2/h6-8H,4-5H2,1-3H3/t6-,7+,8+/m0/s1. The maximum atomic E-state index is 5.53. The van der Waals surface area contributed by atoms with Crippen LogP contribution < -0.4 is 0 Å². The van der Waals surface area contributed by atoms with Crippen molar-refractivity contribution in [3.05, 3.63) is 0 Å². The van der Waals surface area contributed by atoms with Gasteiger partial charge in [-0.1, -0.05) is 6.92 Å². The molecule has 10 heavy (non-hydrogen) atoms. The zero-order valence-electron chi connectivity index (χ0n) is 6.96. The normalized spacial score (nSPS) is 41.7. The molecule has 0 unspecified atom stereocenters. The van der Waals surface area contributed by atoms with Crippen molar-refractivity contribution in [2.75, 3.05) is 7.11 Å². The molecule has 0 spiro atoms. The van der Waals surface area contributed by atoms with Crippen molar-refractivity contribution in [2.45, 2.75) is 39.1 Å². The molecule has 60 valence electrons. The molecule has 0 saturated carbocycles. The van der Waals surface area contributed by atoms with Crippen molar-refractivity contribution < 1.29 is 9.47 Å². The van der Waals surface area contributed by atoms with Crippen molar-refractivity contribution >= 4 is 0 Å². The number of methoxy groups -OCH3 is 1. The fourth-order valence-electron chi connectivity index (χ4n) is 1.25. The first-order chi connectivity index (χ1) is 4.74. The molecule has 2 nitrogen and oxygen atoms in total. The molecule has 0 aromatic carbocycles. The number of ether oxygens (including phenoxy) is 2. The van der Waals surface area contributed by atoms with Crippen molar-refractivity contribution in [2.24, 2.45) is 5.92 Å². The number of rotatable bonds is 1. The van der Waals surface area contributed by atoms with Crippen molar-refractivity contribution in [1.82, 2.24) is 0 Å². The van der Waals surface area contributed by atoms with Gasteiger partial charge in [0.2, 0.25) is 0 Å². The zero-order valence-corrected chi connectivity index (χ0v) is 6.96. The smallest absolute Gasteiger partial charge is 0.157 e. The minimum atomic E-state index is 0.0474. The second-order valence-electron chi connectivity index (χ2n) is 3.06. The predicted octanol–water partition coefficient (Wildman–Crippen LogP) is 1.79. The van der Waals surface area contributed by atoms with E-state index in [0.29, 0.717) is 12.0 Å². The first kappa shape index (κ1) is 8.02. The molecule has 1 rings (SSSR count). The molecular weight excluding hydrogens is 128 g/mol. The molecule has 0 aromatic heterocycles. The van der Waals surface area contributed by atoms with Crippen LogP contribution in [0.4, 0.5) is 0 Å². The summed E-state index contributed by atoms with van der Waals surface area (Å²) in [5.74, 6) is 0.686. The Morgan fingerprint density at radius 1 is 1.30 bits per heavy atom. The first-order valence-corrected chi connectivity index (χ1v) is 3.92. The van der Waals surface area contributed by atoms with Crippen LogP contribution in [0, 0.1) is 5.92 Å². The summed E-state index contributed by atoms with van der Waals surface area (Å²) in [5, 5.41) is 0. The van der Waals surface area contributed by atoms with Crippen molar-refractivity contribution in [1.29, 1.82) is 0 Å². The predicted molar refractivity (Wildman–Crippen MR) is 39.7 cm³/mol. The molecule has 0 radical (unpaired) electrons. The van der Waals surface area contributed by atoms with Crippen molar-refractivity contribution in [3.63, 3.8) is 0 Å². The van der Waals surface area contributed by atoms with E-state index in [0.717, 1.165) is 6.42 Å². The van der Waals surface area contributed by atoms with Gasteiger partial charge in [-0.2, -0.15) is 0 Å². The summed E-state index contributed by atoms with van der Waals surface area (Å²) in [6, 6.07) is 0. The van der Waals surface area contributed by atoms with Crippen LogP contribution in [0.5, 0.6) is 0 Å². The highest BCUT2D eigenvalue weighted by atomic mass is 16.7. The monoisotopic (exact) mass is 144 g/mol. The summed E-state index contributed by atoms with van der Waals surface area (Å²) in [6.45, 7) is 4.33. The lowest BCUT2D eigenvalue weighted by atomic mass is 9.97. The van der Waals surface area contributed by atoms with Crippen LogP contribution in [0.1, 0.15) is 26.7 Å². The first-order valence-electron chi connectivity index (χ1n) is 3.92. The largest absolute Gasteiger partial charge is 0.356 e. The van der Waals surface area contributed by atoms with Gasteiger partial charge in [0.15, 0.2) is 6.29 Å². The minimum absolute atomic E-state index is 0.0474. The van der Waals surface area contributed by atoms with Crippen LogP contribution in [0.15, 0.2) is 0 Å². The molecule has 1 aliphatic rings. The number of hydrogen-bond donors (Lipinski definition) is 0. The summed E-state index contributed by atoms with van der Waals surface area (Å²) in [4.78, 5) is 0. The van der Waals surface area contributed by atoms with Crippen LogP contribution in [0.2, 0.25) is 0 Å². The maximum absolute atomic E-state index is 5.53. The summed E-state index contributed by atoms with van der Waals surface area (Å²) in [5.41, 5.74) is 0. The van der Waals surface area contributed by atoms with E-state index in [9.17, 15) is 0 Å². The maximum Gasteiger partial charge on any atom is 0.157 e. The van der Waals surface area contributed by atoms with E-state index in [1.165, 1.54) is 6.42 Å². The Morgan fingerprint density at radius 3 is 2.50 bits per heavy atom. The van der Waals surface area contributed by atoms with Gasteiger partial charge in [0.1, 0.15) is 0 Å². The van der Waals surface area contributed by atoms with Crippen molar-refractivity contribution in [3.8, 4) is 0 Å². The molecule has 0 aliphatic carbocycles. The topological polar surface area (TPSA) is 18.5 Å². The van der Waals surface area contributed by atoms with Gasteiger partial charge in [-0.15, -0.1) is 0 Å². The third-order valence-corrected chi connectivity index (χ3v) is 2.29. The molecule has 3 atom stereocenters. The summed E-state index contributed by atoms with van der Waals surface area (Å²) in [6.07, 6.45) is 2.67. The Bertz CT molecular complexity index is 103. The fourth-order valence-corrected chi connectivity index (χ4v) is 1.25. The minimum Gasteiger partial charge on any atom is -0.356 e. The summed E-state index contributed by atoms with van der Waals surface area (Å²) in [7, 11) is 1.70. The highest BCUT2D eigenvalue weighted by Crippen LogP contribution is 2.24. The lowest BCUT2D eigenvalue weighted by Gasteiger charge is -2.31. The zero-order chi connectivity index (χ0) is 7.56. The van der Waals surface area contributed by atoms with E-state index in [4.69, 9.17) is 9.47 Å². The SMILES string of the molecule is CO[C@H]1CC[C@H](C)[C@@H](C)O1. The van der Waals surface area contributed by atoms with E-state index in [1.807, 2.05) is 0 Å². The molecular formula is C8H16O2. The molecule has 1 fully saturated rings. The Kier molecular flexibility index (Phi) is 2.69. The van der Waals surface area contributed by atoms with Gasteiger partial charge in [-0.05, 0) is 25.7 Å². The molecule has 0 aromatic rings. The average molecular weight is 144 g/mol. The van der Waals surface area contributed by atoms with Crippen LogP contribution in [0.25, 0.3) is 0 Å². The fraction of sp³-hybridized carbons (Fsp3) is 1.00.